The van der Waals surface area contributed by atoms with Crippen LogP contribution in [0.1, 0.15) is 24.9 Å². The second-order valence-corrected chi connectivity index (χ2v) is 6.72. The maximum absolute atomic E-state index is 12.7. The molecule has 0 aliphatic heterocycles. The van der Waals surface area contributed by atoms with E-state index in [1.165, 1.54) is 4.57 Å². The van der Waals surface area contributed by atoms with Gasteiger partial charge >= 0.3 is 0 Å². The monoisotopic (exact) mass is 380 g/mol. The molecule has 1 heterocycles. The number of rotatable bonds is 7. The summed E-state index contributed by atoms with van der Waals surface area (Å²) in [5.41, 5.74) is 1.47. The topological polar surface area (TPSA) is 80.6 Å². The highest BCUT2D eigenvalue weighted by molar-refractivity contribution is 6.01. The lowest BCUT2D eigenvalue weighted by molar-refractivity contribution is -0.116. The molecule has 0 radical (unpaired) electrons. The number of anilines is 1. The standard InChI is InChI=1S/C22H24N2O4/c1-15(14-25)24-13-12-18-19(22(24)27)4-3-5-20(18)23-21(26)11-8-16-6-9-17(28-2)10-7-16/h3-7,9-10,12-13,15,25H,8,11,14H2,1-2H3,(H,23,26). The van der Waals surface area contributed by atoms with E-state index in [-0.39, 0.29) is 24.1 Å². The molecule has 6 nitrogen and oxygen atoms in total. The van der Waals surface area contributed by atoms with Gasteiger partial charge < -0.3 is 19.7 Å². The van der Waals surface area contributed by atoms with E-state index in [1.54, 1.807) is 44.5 Å². The highest BCUT2D eigenvalue weighted by Gasteiger charge is 2.12. The van der Waals surface area contributed by atoms with Crippen LogP contribution in [0.15, 0.2) is 59.5 Å². The molecule has 1 atom stereocenters. The normalized spacial score (nSPS) is 12.0. The van der Waals surface area contributed by atoms with E-state index in [9.17, 15) is 14.7 Å². The van der Waals surface area contributed by atoms with Crippen molar-refractivity contribution in [3.8, 4) is 5.75 Å². The predicted molar refractivity (Wildman–Crippen MR) is 110 cm³/mol. The van der Waals surface area contributed by atoms with Crippen molar-refractivity contribution in [1.82, 2.24) is 4.57 Å². The third-order valence-electron chi connectivity index (χ3n) is 4.79. The number of benzene rings is 2. The summed E-state index contributed by atoms with van der Waals surface area (Å²) in [5.74, 6) is 0.668. The molecule has 3 rings (SSSR count). The van der Waals surface area contributed by atoms with Crippen LogP contribution >= 0.6 is 0 Å². The van der Waals surface area contributed by atoms with Crippen LogP contribution < -0.4 is 15.6 Å². The number of amides is 1. The van der Waals surface area contributed by atoms with Crippen LogP contribution in [0.25, 0.3) is 10.8 Å². The molecule has 146 valence electrons. The van der Waals surface area contributed by atoms with Crippen molar-refractivity contribution in [2.45, 2.75) is 25.8 Å². The minimum absolute atomic E-state index is 0.115. The van der Waals surface area contributed by atoms with Crippen LogP contribution in [0.5, 0.6) is 5.75 Å². The van der Waals surface area contributed by atoms with Crippen LogP contribution in [0, 0.1) is 0 Å². The van der Waals surface area contributed by atoms with Gasteiger partial charge in [0, 0.05) is 29.1 Å². The molecule has 1 aromatic heterocycles. The van der Waals surface area contributed by atoms with E-state index in [2.05, 4.69) is 5.32 Å². The summed E-state index contributed by atoms with van der Waals surface area (Å²) in [6, 6.07) is 14.4. The van der Waals surface area contributed by atoms with Crippen molar-refractivity contribution >= 4 is 22.4 Å². The Bertz CT molecular complexity index is 1020. The fourth-order valence-electron chi connectivity index (χ4n) is 3.10. The summed E-state index contributed by atoms with van der Waals surface area (Å²) >= 11 is 0. The molecule has 28 heavy (non-hydrogen) atoms. The van der Waals surface area contributed by atoms with Gasteiger partial charge in [0.1, 0.15) is 5.75 Å². The second kappa shape index (κ2) is 8.71. The van der Waals surface area contributed by atoms with E-state index < -0.39 is 0 Å². The summed E-state index contributed by atoms with van der Waals surface area (Å²) in [7, 11) is 1.62. The molecule has 0 saturated heterocycles. The van der Waals surface area contributed by atoms with Crippen molar-refractivity contribution in [1.29, 1.82) is 0 Å². The molecule has 2 aromatic carbocycles. The number of aromatic nitrogens is 1. The first-order chi connectivity index (χ1) is 13.5. The Balaban J connectivity index is 1.75. The predicted octanol–water partition coefficient (Wildman–Crippen LogP) is 3.13. The lowest BCUT2D eigenvalue weighted by Gasteiger charge is -2.14. The summed E-state index contributed by atoms with van der Waals surface area (Å²) < 4.78 is 6.63. The number of aliphatic hydroxyl groups excluding tert-OH is 1. The van der Waals surface area contributed by atoms with Crippen LogP contribution in [-0.4, -0.2) is 29.3 Å². The number of hydrogen-bond donors (Lipinski definition) is 2. The molecular formula is C22H24N2O4. The number of ether oxygens (including phenoxy) is 1. The number of carbonyl (C=O) groups is 1. The Hall–Kier alpha value is -3.12. The lowest BCUT2D eigenvalue weighted by Crippen LogP contribution is -2.25. The first-order valence-electron chi connectivity index (χ1n) is 9.21. The molecule has 0 spiro atoms. The highest BCUT2D eigenvalue weighted by atomic mass is 16.5. The van der Waals surface area contributed by atoms with E-state index in [1.807, 2.05) is 24.3 Å². The number of aryl methyl sites for hydroxylation is 1. The van der Waals surface area contributed by atoms with Gasteiger partial charge in [-0.3, -0.25) is 9.59 Å². The third kappa shape index (κ3) is 4.23. The summed E-state index contributed by atoms with van der Waals surface area (Å²) in [4.78, 5) is 25.1. The van der Waals surface area contributed by atoms with E-state index >= 15 is 0 Å². The fraction of sp³-hybridized carbons (Fsp3) is 0.273. The molecule has 0 bridgehead atoms. The zero-order valence-electron chi connectivity index (χ0n) is 16.0. The highest BCUT2D eigenvalue weighted by Crippen LogP contribution is 2.22. The summed E-state index contributed by atoms with van der Waals surface area (Å²) in [5, 5.41) is 13.4. The Labute approximate surface area is 163 Å². The Morgan fingerprint density at radius 2 is 1.89 bits per heavy atom. The van der Waals surface area contributed by atoms with Crippen molar-refractivity contribution in [2.24, 2.45) is 0 Å². The van der Waals surface area contributed by atoms with E-state index in [0.717, 1.165) is 11.3 Å². The Morgan fingerprint density at radius 1 is 1.14 bits per heavy atom. The molecule has 0 fully saturated rings. The van der Waals surface area contributed by atoms with E-state index in [0.29, 0.717) is 29.3 Å². The van der Waals surface area contributed by atoms with Gasteiger partial charge in [0.05, 0.1) is 19.8 Å². The van der Waals surface area contributed by atoms with Gasteiger partial charge in [0.2, 0.25) is 5.91 Å². The summed E-state index contributed by atoms with van der Waals surface area (Å²) in [6.07, 6.45) is 2.60. The SMILES string of the molecule is COc1ccc(CCC(=O)Nc2cccc3c(=O)n(C(C)CO)ccc23)cc1. The molecule has 1 unspecified atom stereocenters. The molecule has 0 saturated carbocycles. The zero-order valence-corrected chi connectivity index (χ0v) is 16.0. The number of fused-ring (bicyclic) bond motifs is 1. The van der Waals surface area contributed by atoms with Gasteiger partial charge in [0.15, 0.2) is 0 Å². The van der Waals surface area contributed by atoms with Crippen LogP contribution in [-0.2, 0) is 11.2 Å². The van der Waals surface area contributed by atoms with Crippen molar-refractivity contribution < 1.29 is 14.6 Å². The van der Waals surface area contributed by atoms with Gasteiger partial charge in [-0.05, 0) is 49.2 Å². The van der Waals surface area contributed by atoms with Crippen LogP contribution in [0.2, 0.25) is 0 Å². The summed E-state index contributed by atoms with van der Waals surface area (Å²) in [6.45, 7) is 1.66. The van der Waals surface area contributed by atoms with Crippen molar-refractivity contribution in [2.75, 3.05) is 19.0 Å². The maximum atomic E-state index is 12.7. The Morgan fingerprint density at radius 3 is 2.57 bits per heavy atom. The van der Waals surface area contributed by atoms with Gasteiger partial charge in [-0.25, -0.2) is 0 Å². The number of nitrogens with one attached hydrogen (secondary N) is 1. The number of carbonyl (C=O) groups excluding carboxylic acids is 1. The number of pyridine rings is 1. The average molecular weight is 380 g/mol. The van der Waals surface area contributed by atoms with Crippen LogP contribution in [0.3, 0.4) is 0 Å². The molecule has 0 aliphatic rings. The van der Waals surface area contributed by atoms with Crippen LogP contribution in [0.4, 0.5) is 5.69 Å². The zero-order chi connectivity index (χ0) is 20.1. The van der Waals surface area contributed by atoms with Gasteiger partial charge in [-0.1, -0.05) is 18.2 Å². The minimum atomic E-state index is -0.306. The molecule has 2 N–H and O–H groups in total. The molecule has 3 aromatic rings. The van der Waals surface area contributed by atoms with Gasteiger partial charge in [0.25, 0.3) is 5.56 Å². The smallest absolute Gasteiger partial charge is 0.258 e. The van der Waals surface area contributed by atoms with Gasteiger partial charge in [-0.15, -0.1) is 0 Å². The molecule has 0 aliphatic carbocycles. The number of aliphatic hydroxyl groups is 1. The largest absolute Gasteiger partial charge is 0.497 e. The minimum Gasteiger partial charge on any atom is -0.497 e. The number of nitrogens with zero attached hydrogens (tertiary/aromatic N) is 1. The lowest BCUT2D eigenvalue weighted by atomic mass is 10.1. The Kier molecular flexibility index (Phi) is 6.11. The molecule has 6 heteroatoms. The number of methoxy groups -OCH3 is 1. The fourth-order valence-corrected chi connectivity index (χ4v) is 3.10. The van der Waals surface area contributed by atoms with Crippen molar-refractivity contribution in [3.05, 3.63) is 70.6 Å². The average Bonchev–Trinajstić information content (AvgIpc) is 2.73. The molecular weight excluding hydrogens is 356 g/mol. The van der Waals surface area contributed by atoms with Gasteiger partial charge in [-0.2, -0.15) is 0 Å². The second-order valence-electron chi connectivity index (χ2n) is 6.72. The quantitative estimate of drug-likeness (QED) is 0.660. The van der Waals surface area contributed by atoms with E-state index in [4.69, 9.17) is 4.74 Å². The maximum Gasteiger partial charge on any atom is 0.258 e. The third-order valence-corrected chi connectivity index (χ3v) is 4.79. The number of hydrogen-bond acceptors (Lipinski definition) is 4. The van der Waals surface area contributed by atoms with Crippen molar-refractivity contribution in [3.63, 3.8) is 0 Å². The molecule has 1 amide bonds. The first-order valence-corrected chi connectivity index (χ1v) is 9.21. The first kappa shape index (κ1) is 19.6.